The average Bonchev–Trinajstić information content (AvgIpc) is 3.30. The van der Waals surface area contributed by atoms with Crippen LogP contribution in [0.3, 0.4) is 0 Å². The highest BCUT2D eigenvalue weighted by Gasteiger charge is 2.54. The van der Waals surface area contributed by atoms with E-state index in [1.54, 1.807) is 0 Å². The lowest BCUT2D eigenvalue weighted by atomic mass is 9.88. The minimum Gasteiger partial charge on any atom is -0.504 e. The second kappa shape index (κ2) is 16.4. The quantitative estimate of drug-likeness (QED) is 0.0339. The van der Waals surface area contributed by atoms with E-state index in [-0.39, 0.29) is 0 Å². The number of aliphatic hydroxyl groups is 1. The van der Waals surface area contributed by atoms with Crippen molar-refractivity contribution in [3.05, 3.63) is 67.4 Å². The summed E-state index contributed by atoms with van der Waals surface area (Å²) in [5.74, 6) is -31.1. The van der Waals surface area contributed by atoms with Gasteiger partial charge in [-0.2, -0.15) is 0 Å². The maximum atomic E-state index is 15.0. The molecule has 0 amide bonds. The van der Waals surface area contributed by atoms with Crippen molar-refractivity contribution in [3.63, 3.8) is 0 Å². The molecule has 6 bridgehead atoms. The Morgan fingerprint density at radius 3 is 1.03 bits per heavy atom. The number of fused-ring (bicyclic) bond motifs is 10. The third-order valence-electron chi connectivity index (χ3n) is 13.2. The topological polar surface area (TPSA) is 519 Å². The maximum absolute atomic E-state index is 15.0. The fourth-order valence-electron chi connectivity index (χ4n) is 9.72. The van der Waals surface area contributed by atoms with Crippen molar-refractivity contribution in [1.29, 1.82) is 0 Å². The summed E-state index contributed by atoms with van der Waals surface area (Å²) in [7, 11) is 0. The molecule has 1 saturated heterocycles. The highest BCUT2D eigenvalue weighted by atomic mass is 16.7. The summed E-state index contributed by atoms with van der Waals surface area (Å²) >= 11 is 0. The van der Waals surface area contributed by atoms with Crippen LogP contribution in [0.5, 0.6) is 92.0 Å². The van der Waals surface area contributed by atoms with Gasteiger partial charge in [0, 0.05) is 44.2 Å². The van der Waals surface area contributed by atoms with Gasteiger partial charge in [0.25, 0.3) is 0 Å². The summed E-state index contributed by atoms with van der Waals surface area (Å²) in [5.41, 5.74) is -17.8. The molecule has 400 valence electrons. The van der Waals surface area contributed by atoms with Crippen LogP contribution in [0.15, 0.2) is 42.7 Å². The van der Waals surface area contributed by atoms with Gasteiger partial charge >= 0.3 is 35.1 Å². The van der Waals surface area contributed by atoms with Crippen molar-refractivity contribution in [2.45, 2.75) is 30.7 Å². The molecular formula is C48H28O30. The molecule has 6 aromatic carbocycles. The number of phenols is 16. The Kier molecular flexibility index (Phi) is 10.3. The summed E-state index contributed by atoms with van der Waals surface area (Å²) < 4.78 is 38.5. The molecule has 8 aromatic rings. The average molecular weight is 1080 g/mol. The summed E-state index contributed by atoms with van der Waals surface area (Å²) in [4.78, 5) is 86.6. The number of aliphatic hydroxyl groups excluding tert-OH is 1. The maximum Gasteiger partial charge on any atom is 0.345 e. The molecule has 2 aromatic heterocycles. The van der Waals surface area contributed by atoms with Crippen molar-refractivity contribution in [2.24, 2.45) is 0 Å². The lowest BCUT2D eigenvalue weighted by Gasteiger charge is -2.43. The van der Waals surface area contributed by atoms with Gasteiger partial charge in [-0.05, 0) is 24.3 Å². The van der Waals surface area contributed by atoms with Crippen molar-refractivity contribution in [3.8, 4) is 125 Å². The highest BCUT2D eigenvalue weighted by molar-refractivity contribution is 6.29. The molecule has 30 nitrogen and oxygen atoms in total. The molecule has 3 aliphatic heterocycles. The first-order valence-electron chi connectivity index (χ1n) is 21.7. The second-order valence-electron chi connectivity index (χ2n) is 17.4. The van der Waals surface area contributed by atoms with Crippen LogP contribution in [0.2, 0.25) is 0 Å². The van der Waals surface area contributed by atoms with Crippen molar-refractivity contribution >= 4 is 56.6 Å². The number of benzene rings is 6. The lowest BCUT2D eigenvalue weighted by molar-refractivity contribution is -0.284. The van der Waals surface area contributed by atoms with Gasteiger partial charge in [0.2, 0.25) is 34.5 Å². The number of esters is 4. The van der Waals surface area contributed by atoms with Crippen molar-refractivity contribution in [2.75, 3.05) is 6.61 Å². The monoisotopic (exact) mass is 1080 g/mol. The number of rotatable bonds is 0. The number of hydrogen-bond donors (Lipinski definition) is 17. The predicted octanol–water partition coefficient (Wildman–Crippen LogP) is 1.96. The first-order chi connectivity index (χ1) is 36.8. The Morgan fingerprint density at radius 1 is 0.346 bits per heavy atom. The number of phenolic OH excluding ortho intramolecular Hbond substituents is 16. The zero-order chi connectivity index (χ0) is 56.3. The molecule has 11 rings (SSSR count). The minimum absolute atomic E-state index is 0.293. The largest absolute Gasteiger partial charge is 0.504 e. The van der Waals surface area contributed by atoms with E-state index < -0.39 is 253 Å². The predicted molar refractivity (Wildman–Crippen MR) is 245 cm³/mol. The van der Waals surface area contributed by atoms with Gasteiger partial charge in [-0.15, -0.1) is 0 Å². The molecule has 0 aliphatic carbocycles. The SMILES string of the molecule is O=C1OC2[C@H](OC(=O)c3cc(O)c(O)c(O)c3-c3c1cc(O)c(O)c3O)C(O)OC1COC(=O)c3cc(O)c(O)c(O)c3-c3c(O)c(O)c4oc(=O)c5c(c(O)c(O)c6oc(=O)c3c4c65)-c3c(cc(O)c(O)c3O)C(=O)O[C@H]12. The highest BCUT2D eigenvalue weighted by Crippen LogP contribution is 2.59. The molecule has 3 aliphatic rings. The van der Waals surface area contributed by atoms with Crippen LogP contribution >= 0.6 is 0 Å². The number of hydrogen-bond acceptors (Lipinski definition) is 30. The Balaban J connectivity index is 1.22. The van der Waals surface area contributed by atoms with Gasteiger partial charge in [0.05, 0.1) is 33.0 Å². The summed E-state index contributed by atoms with van der Waals surface area (Å²) in [6.07, 6.45) is -12.9. The third kappa shape index (κ3) is 6.49. The molecule has 3 unspecified atom stereocenters. The number of aromatic hydroxyl groups is 16. The van der Waals surface area contributed by atoms with E-state index in [9.17, 15) is 116 Å². The first kappa shape index (κ1) is 49.1. The van der Waals surface area contributed by atoms with Crippen LogP contribution in [0, 0.1) is 0 Å². The number of ether oxygens (including phenoxy) is 5. The van der Waals surface area contributed by atoms with E-state index in [4.69, 9.17) is 32.5 Å². The number of carbonyl (C=O) groups is 4. The van der Waals surface area contributed by atoms with Crippen molar-refractivity contribution in [1.82, 2.24) is 0 Å². The smallest absolute Gasteiger partial charge is 0.345 e. The van der Waals surface area contributed by atoms with Gasteiger partial charge < -0.3 is 119 Å². The summed E-state index contributed by atoms with van der Waals surface area (Å²) in [5, 5.41) is 185. The molecule has 0 radical (unpaired) electrons. The van der Waals surface area contributed by atoms with Gasteiger partial charge in [-0.25, -0.2) is 28.8 Å². The lowest BCUT2D eigenvalue weighted by Crippen LogP contribution is -2.62. The first-order valence-corrected chi connectivity index (χ1v) is 21.7. The van der Waals surface area contributed by atoms with Crippen LogP contribution in [0.1, 0.15) is 41.4 Å². The zero-order valence-corrected chi connectivity index (χ0v) is 37.8. The van der Waals surface area contributed by atoms with Gasteiger partial charge in [-0.3, -0.25) is 0 Å². The normalized spacial score (nSPS) is 19.3. The minimum atomic E-state index is -2.70. The van der Waals surface area contributed by atoms with Gasteiger partial charge in [0.15, 0.2) is 93.3 Å². The number of cyclic esters (lactones) is 1. The summed E-state index contributed by atoms with van der Waals surface area (Å²) in [6.45, 7) is -1.46. The molecule has 1 fully saturated rings. The van der Waals surface area contributed by atoms with Crippen LogP contribution in [-0.4, -0.2) is 148 Å². The third-order valence-corrected chi connectivity index (χ3v) is 13.2. The van der Waals surface area contributed by atoms with Crippen molar-refractivity contribution < 1.29 is 139 Å². The van der Waals surface area contributed by atoms with E-state index in [1.807, 2.05) is 0 Å². The van der Waals surface area contributed by atoms with Gasteiger partial charge in [0.1, 0.15) is 12.7 Å². The molecule has 5 heterocycles. The molecule has 30 heteroatoms. The Morgan fingerprint density at radius 2 is 0.654 bits per heavy atom. The fraction of sp³-hybridized carbons (Fsp3) is 0.125. The Hall–Kier alpha value is -11.1. The molecule has 0 saturated carbocycles. The summed E-state index contributed by atoms with van der Waals surface area (Å²) in [6, 6.07) is 1.42. The zero-order valence-electron chi connectivity index (χ0n) is 37.8. The molecule has 78 heavy (non-hydrogen) atoms. The second-order valence-corrected chi connectivity index (χ2v) is 17.4. The van der Waals surface area contributed by atoms with E-state index >= 15 is 0 Å². The van der Waals surface area contributed by atoms with Crippen LogP contribution in [-0.2, 0) is 23.7 Å². The van der Waals surface area contributed by atoms with Crippen LogP contribution in [0.25, 0.3) is 66.1 Å². The fourth-order valence-corrected chi connectivity index (χ4v) is 9.72. The molecule has 17 N–H and O–H groups in total. The van der Waals surface area contributed by atoms with E-state index in [0.29, 0.717) is 24.3 Å². The van der Waals surface area contributed by atoms with Crippen LogP contribution in [0.4, 0.5) is 0 Å². The molecule has 0 spiro atoms. The standard InChI is InChI=1S/C48H28O30/c49-10-1-6-17(31(59)27(10)55)19-23-21-22-24(47(70)76-38(21)35(63)33(19)61)20(34(62)36(64)39(22)75-46(23)69)18-9(4-13(52)28(56)32(18)60)43(66)74-37-14(5-72-42(6)65)73-48(71)41-40(37)77-44(67)7-2-11(50)25(53)29(57)15(7)16-8(45(68)78-41)3-12(51)26(54)30(16)58/h1-4,14,37,40-41,48-64,71H,5H2/t14?,37-,40?,41+,48?/m1/s1. The molecular weight excluding hydrogens is 1060 g/mol. The van der Waals surface area contributed by atoms with E-state index in [0.717, 1.165) is 0 Å². The Labute approximate surface area is 424 Å². The van der Waals surface area contributed by atoms with Crippen LogP contribution < -0.4 is 11.3 Å². The van der Waals surface area contributed by atoms with Gasteiger partial charge in [-0.1, -0.05) is 0 Å². The Bertz CT molecular complexity index is 4240. The van der Waals surface area contributed by atoms with E-state index in [2.05, 4.69) is 0 Å². The molecule has 5 atom stereocenters. The van der Waals surface area contributed by atoms with E-state index in [1.165, 1.54) is 0 Å². The number of carbonyl (C=O) groups excluding carboxylic acids is 4.